The molecular formula is C17H16O2. The van der Waals surface area contributed by atoms with Gasteiger partial charge in [0.25, 0.3) is 0 Å². The van der Waals surface area contributed by atoms with Crippen molar-refractivity contribution in [1.29, 1.82) is 0 Å². The summed E-state index contributed by atoms with van der Waals surface area (Å²) < 4.78 is 11.2. The number of fused-ring (bicyclic) bond motifs is 1. The zero-order valence-corrected chi connectivity index (χ0v) is 11.1. The van der Waals surface area contributed by atoms with Crippen LogP contribution in [0.1, 0.15) is 28.5 Å². The molecule has 3 rings (SSSR count). The normalized spacial score (nSPS) is 19.3. The number of benzene rings is 2. The van der Waals surface area contributed by atoms with Gasteiger partial charge >= 0.3 is 0 Å². The highest BCUT2D eigenvalue weighted by molar-refractivity contribution is 5.80. The molecule has 2 heteroatoms. The van der Waals surface area contributed by atoms with E-state index in [1.54, 1.807) is 7.11 Å². The fourth-order valence-electron chi connectivity index (χ4n) is 2.27. The first-order valence-corrected chi connectivity index (χ1v) is 6.35. The van der Waals surface area contributed by atoms with E-state index < -0.39 is 0 Å². The van der Waals surface area contributed by atoms with Crippen LogP contribution in [0.5, 0.6) is 0 Å². The molecule has 2 nitrogen and oxygen atoms in total. The van der Waals surface area contributed by atoms with Gasteiger partial charge in [-0.25, -0.2) is 0 Å². The molecule has 0 N–H and O–H groups in total. The lowest BCUT2D eigenvalue weighted by Gasteiger charge is -2.08. The number of aryl methyl sites for hydroxylation is 1. The SMILES string of the molecule is COC1O/C(=C\c2ccc(C)cc2)c2ccccc21. The largest absolute Gasteiger partial charge is 0.460 e. The molecule has 19 heavy (non-hydrogen) atoms. The van der Waals surface area contributed by atoms with Gasteiger partial charge in [0.05, 0.1) is 0 Å². The standard InChI is InChI=1S/C17H16O2/c1-12-7-9-13(10-8-12)11-16-14-5-3-4-6-15(14)17(18-2)19-16/h3-11,17H,1-2H3/b16-11-. The van der Waals surface area contributed by atoms with Crippen LogP contribution in [0.4, 0.5) is 0 Å². The molecular weight excluding hydrogens is 236 g/mol. The number of rotatable bonds is 2. The first kappa shape index (κ1) is 12.0. The first-order valence-electron chi connectivity index (χ1n) is 6.35. The Balaban J connectivity index is 2.01. The maximum absolute atomic E-state index is 5.85. The minimum Gasteiger partial charge on any atom is -0.460 e. The molecule has 0 aromatic heterocycles. The summed E-state index contributed by atoms with van der Waals surface area (Å²) in [7, 11) is 1.66. The molecule has 0 aliphatic carbocycles. The highest BCUT2D eigenvalue weighted by Gasteiger charge is 2.27. The van der Waals surface area contributed by atoms with Gasteiger partial charge in [-0.15, -0.1) is 0 Å². The fraction of sp³-hybridized carbons (Fsp3) is 0.176. The van der Waals surface area contributed by atoms with Gasteiger partial charge in [-0.2, -0.15) is 0 Å². The number of hydrogen-bond acceptors (Lipinski definition) is 2. The Labute approximate surface area is 113 Å². The second kappa shape index (κ2) is 4.90. The Morgan fingerprint density at radius 3 is 2.53 bits per heavy atom. The molecule has 0 radical (unpaired) electrons. The Hall–Kier alpha value is -2.06. The van der Waals surface area contributed by atoms with Gasteiger partial charge in [-0.05, 0) is 18.6 Å². The van der Waals surface area contributed by atoms with Gasteiger partial charge in [-0.1, -0.05) is 54.1 Å². The van der Waals surface area contributed by atoms with Crippen molar-refractivity contribution in [2.75, 3.05) is 7.11 Å². The van der Waals surface area contributed by atoms with E-state index in [1.165, 1.54) is 5.56 Å². The molecule has 96 valence electrons. The minimum absolute atomic E-state index is 0.298. The van der Waals surface area contributed by atoms with Crippen molar-refractivity contribution in [2.24, 2.45) is 0 Å². The molecule has 0 saturated carbocycles. The summed E-state index contributed by atoms with van der Waals surface area (Å²) >= 11 is 0. The van der Waals surface area contributed by atoms with Crippen LogP contribution in [-0.4, -0.2) is 7.11 Å². The van der Waals surface area contributed by atoms with Crippen LogP contribution in [0, 0.1) is 6.92 Å². The van der Waals surface area contributed by atoms with E-state index in [2.05, 4.69) is 43.3 Å². The lowest BCUT2D eigenvalue weighted by molar-refractivity contribution is -0.0644. The van der Waals surface area contributed by atoms with Crippen LogP contribution in [-0.2, 0) is 9.47 Å². The predicted molar refractivity (Wildman–Crippen MR) is 76.3 cm³/mol. The second-order valence-corrected chi connectivity index (χ2v) is 4.69. The summed E-state index contributed by atoms with van der Waals surface area (Å²) in [5.74, 6) is 0.867. The van der Waals surface area contributed by atoms with E-state index in [1.807, 2.05) is 18.2 Å². The van der Waals surface area contributed by atoms with Crippen molar-refractivity contribution >= 4 is 11.8 Å². The third kappa shape index (κ3) is 2.27. The number of ether oxygens (including phenoxy) is 2. The van der Waals surface area contributed by atoms with Crippen molar-refractivity contribution in [3.8, 4) is 0 Å². The monoisotopic (exact) mass is 252 g/mol. The maximum atomic E-state index is 5.85. The van der Waals surface area contributed by atoms with Gasteiger partial charge in [-0.3, -0.25) is 0 Å². The van der Waals surface area contributed by atoms with Crippen LogP contribution in [0.2, 0.25) is 0 Å². The third-order valence-electron chi connectivity index (χ3n) is 3.30. The molecule has 0 bridgehead atoms. The Kier molecular flexibility index (Phi) is 3.10. The van der Waals surface area contributed by atoms with Crippen molar-refractivity contribution in [3.63, 3.8) is 0 Å². The summed E-state index contributed by atoms with van der Waals surface area (Å²) in [6.45, 7) is 2.08. The second-order valence-electron chi connectivity index (χ2n) is 4.69. The predicted octanol–water partition coefficient (Wildman–Crippen LogP) is 4.17. The number of methoxy groups -OCH3 is 1. The van der Waals surface area contributed by atoms with Crippen LogP contribution in [0.25, 0.3) is 11.8 Å². The van der Waals surface area contributed by atoms with Crippen LogP contribution < -0.4 is 0 Å². The molecule has 1 atom stereocenters. The Morgan fingerprint density at radius 1 is 1.05 bits per heavy atom. The fourth-order valence-corrected chi connectivity index (χ4v) is 2.27. The smallest absolute Gasteiger partial charge is 0.227 e. The molecule has 0 spiro atoms. The van der Waals surface area contributed by atoms with Gasteiger partial charge < -0.3 is 9.47 Å². The molecule has 1 unspecified atom stereocenters. The molecule has 1 aliphatic heterocycles. The lowest BCUT2D eigenvalue weighted by atomic mass is 10.1. The topological polar surface area (TPSA) is 18.5 Å². The van der Waals surface area contributed by atoms with Gasteiger partial charge in [0, 0.05) is 18.2 Å². The van der Waals surface area contributed by atoms with E-state index in [-0.39, 0.29) is 6.29 Å². The number of hydrogen-bond donors (Lipinski definition) is 0. The molecule has 0 amide bonds. The molecule has 0 fully saturated rings. The average Bonchev–Trinajstić information content (AvgIpc) is 2.80. The Bertz CT molecular complexity index is 611. The zero-order valence-electron chi connectivity index (χ0n) is 11.1. The molecule has 1 aliphatic rings. The molecule has 2 aromatic carbocycles. The highest BCUT2D eigenvalue weighted by Crippen LogP contribution is 2.39. The van der Waals surface area contributed by atoms with Crippen molar-refractivity contribution in [1.82, 2.24) is 0 Å². The molecule has 2 aromatic rings. The van der Waals surface area contributed by atoms with Gasteiger partial charge in [0.1, 0.15) is 5.76 Å². The van der Waals surface area contributed by atoms with Crippen molar-refractivity contribution < 1.29 is 9.47 Å². The van der Waals surface area contributed by atoms with E-state index in [4.69, 9.17) is 9.47 Å². The maximum Gasteiger partial charge on any atom is 0.227 e. The molecule has 1 heterocycles. The van der Waals surface area contributed by atoms with Crippen LogP contribution in [0.3, 0.4) is 0 Å². The van der Waals surface area contributed by atoms with Gasteiger partial charge in [0.2, 0.25) is 6.29 Å². The summed E-state index contributed by atoms with van der Waals surface area (Å²) in [5, 5.41) is 0. The average molecular weight is 252 g/mol. The minimum atomic E-state index is -0.298. The Morgan fingerprint density at radius 2 is 1.79 bits per heavy atom. The van der Waals surface area contributed by atoms with Crippen LogP contribution >= 0.6 is 0 Å². The van der Waals surface area contributed by atoms with E-state index in [0.29, 0.717) is 0 Å². The van der Waals surface area contributed by atoms with Crippen LogP contribution in [0.15, 0.2) is 48.5 Å². The third-order valence-corrected chi connectivity index (χ3v) is 3.30. The quantitative estimate of drug-likeness (QED) is 0.798. The van der Waals surface area contributed by atoms with Gasteiger partial charge in [0.15, 0.2) is 0 Å². The van der Waals surface area contributed by atoms with Crippen molar-refractivity contribution in [3.05, 3.63) is 70.8 Å². The first-order chi connectivity index (χ1) is 9.28. The van der Waals surface area contributed by atoms with E-state index >= 15 is 0 Å². The summed E-state index contributed by atoms with van der Waals surface area (Å²) in [6.07, 6.45) is 1.75. The summed E-state index contributed by atoms with van der Waals surface area (Å²) in [6, 6.07) is 16.5. The lowest BCUT2D eigenvalue weighted by Crippen LogP contribution is -1.96. The van der Waals surface area contributed by atoms with Crippen molar-refractivity contribution in [2.45, 2.75) is 13.2 Å². The van der Waals surface area contributed by atoms with E-state index in [9.17, 15) is 0 Å². The molecule has 0 saturated heterocycles. The zero-order chi connectivity index (χ0) is 13.2. The summed E-state index contributed by atoms with van der Waals surface area (Å²) in [5.41, 5.74) is 4.58. The highest BCUT2D eigenvalue weighted by atomic mass is 16.7. The summed E-state index contributed by atoms with van der Waals surface area (Å²) in [4.78, 5) is 0. The van der Waals surface area contributed by atoms with E-state index in [0.717, 1.165) is 22.4 Å².